The standard InChI is InChI=1S/C13H15N3O2/c1-3-12(17)14-10-4-6-11(7-5-10)16-13(18)8-9(2)15-16/h4-8,15H,3H2,1-2H3,(H,14,17). The molecule has 1 aromatic carbocycles. The fourth-order valence-electron chi connectivity index (χ4n) is 1.65. The van der Waals surface area contributed by atoms with Crippen LogP contribution >= 0.6 is 0 Å². The van der Waals surface area contributed by atoms with Crippen LogP contribution in [0.5, 0.6) is 0 Å². The fraction of sp³-hybridized carbons (Fsp3) is 0.231. The third-order valence-electron chi connectivity index (χ3n) is 2.58. The molecule has 0 atom stereocenters. The summed E-state index contributed by atoms with van der Waals surface area (Å²) in [5.41, 5.74) is 2.17. The molecule has 0 bridgehead atoms. The zero-order chi connectivity index (χ0) is 13.1. The predicted octanol–water partition coefficient (Wildman–Crippen LogP) is 1.82. The number of aryl methyl sites for hydroxylation is 1. The summed E-state index contributed by atoms with van der Waals surface area (Å²) in [5, 5.41) is 5.70. The first-order valence-corrected chi connectivity index (χ1v) is 5.79. The van der Waals surface area contributed by atoms with Gasteiger partial charge in [-0.1, -0.05) is 6.92 Å². The Morgan fingerprint density at radius 3 is 2.50 bits per heavy atom. The van der Waals surface area contributed by atoms with E-state index in [1.807, 2.05) is 6.92 Å². The van der Waals surface area contributed by atoms with E-state index in [2.05, 4.69) is 10.4 Å². The first-order valence-electron chi connectivity index (χ1n) is 5.79. The van der Waals surface area contributed by atoms with E-state index >= 15 is 0 Å². The van der Waals surface area contributed by atoms with E-state index in [-0.39, 0.29) is 11.5 Å². The highest BCUT2D eigenvalue weighted by atomic mass is 16.1. The van der Waals surface area contributed by atoms with Gasteiger partial charge in [0.2, 0.25) is 5.91 Å². The summed E-state index contributed by atoms with van der Waals surface area (Å²) in [5.74, 6) is -0.0318. The van der Waals surface area contributed by atoms with Gasteiger partial charge in [0.05, 0.1) is 5.69 Å². The van der Waals surface area contributed by atoms with Crippen molar-refractivity contribution in [2.24, 2.45) is 0 Å². The number of nitrogens with zero attached hydrogens (tertiary/aromatic N) is 1. The van der Waals surface area contributed by atoms with Crippen LogP contribution in [0.2, 0.25) is 0 Å². The van der Waals surface area contributed by atoms with Crippen LogP contribution in [0.4, 0.5) is 5.69 Å². The van der Waals surface area contributed by atoms with Crippen LogP contribution in [0.1, 0.15) is 19.0 Å². The summed E-state index contributed by atoms with van der Waals surface area (Å²) in [6.45, 7) is 3.62. The van der Waals surface area contributed by atoms with E-state index in [1.54, 1.807) is 31.2 Å². The molecule has 0 aliphatic heterocycles. The van der Waals surface area contributed by atoms with Gasteiger partial charge >= 0.3 is 0 Å². The fourth-order valence-corrected chi connectivity index (χ4v) is 1.65. The maximum atomic E-state index is 11.6. The lowest BCUT2D eigenvalue weighted by Crippen LogP contribution is -2.14. The highest BCUT2D eigenvalue weighted by molar-refractivity contribution is 5.90. The van der Waals surface area contributed by atoms with E-state index in [4.69, 9.17) is 0 Å². The Labute approximate surface area is 104 Å². The van der Waals surface area contributed by atoms with E-state index in [0.29, 0.717) is 6.42 Å². The second kappa shape index (κ2) is 4.91. The van der Waals surface area contributed by atoms with Gasteiger partial charge in [-0.25, -0.2) is 4.68 Å². The maximum absolute atomic E-state index is 11.6. The van der Waals surface area contributed by atoms with Crippen LogP contribution in [0, 0.1) is 6.92 Å². The topological polar surface area (TPSA) is 66.9 Å². The maximum Gasteiger partial charge on any atom is 0.271 e. The highest BCUT2D eigenvalue weighted by Crippen LogP contribution is 2.11. The largest absolute Gasteiger partial charge is 0.326 e. The number of nitrogens with one attached hydrogen (secondary N) is 2. The van der Waals surface area contributed by atoms with Gasteiger partial charge in [-0.05, 0) is 31.2 Å². The number of amides is 1. The van der Waals surface area contributed by atoms with E-state index < -0.39 is 0 Å². The summed E-state index contributed by atoms with van der Waals surface area (Å²) >= 11 is 0. The Balaban J connectivity index is 2.25. The molecule has 0 unspecified atom stereocenters. The number of rotatable bonds is 3. The Bertz CT molecular complexity index is 608. The summed E-state index contributed by atoms with van der Waals surface area (Å²) in [6.07, 6.45) is 0.442. The number of anilines is 1. The van der Waals surface area contributed by atoms with Crippen LogP contribution in [0.3, 0.4) is 0 Å². The number of aromatic amines is 1. The van der Waals surface area contributed by atoms with Gasteiger partial charge in [0.1, 0.15) is 0 Å². The van der Waals surface area contributed by atoms with Crippen molar-refractivity contribution in [3.8, 4) is 5.69 Å². The minimum atomic E-state index is -0.0992. The SMILES string of the molecule is CCC(=O)Nc1ccc(-n2[nH]c(C)cc2=O)cc1. The minimum Gasteiger partial charge on any atom is -0.326 e. The Morgan fingerprint density at radius 2 is 2.00 bits per heavy atom. The first kappa shape index (κ1) is 12.2. The number of hydrogen-bond acceptors (Lipinski definition) is 2. The van der Waals surface area contributed by atoms with Crippen LogP contribution < -0.4 is 10.9 Å². The van der Waals surface area contributed by atoms with Crippen molar-refractivity contribution >= 4 is 11.6 Å². The lowest BCUT2D eigenvalue weighted by atomic mass is 10.2. The monoisotopic (exact) mass is 245 g/mol. The van der Waals surface area contributed by atoms with Gasteiger partial charge in [0.25, 0.3) is 5.56 Å². The van der Waals surface area contributed by atoms with Gasteiger partial charge in [-0.2, -0.15) is 0 Å². The number of carbonyl (C=O) groups excluding carboxylic acids is 1. The molecule has 2 rings (SSSR count). The van der Waals surface area contributed by atoms with Gasteiger partial charge < -0.3 is 5.32 Å². The molecule has 1 heterocycles. The molecule has 0 spiro atoms. The second-order valence-electron chi connectivity index (χ2n) is 4.06. The van der Waals surface area contributed by atoms with Crippen LogP contribution in [-0.4, -0.2) is 15.7 Å². The molecule has 0 fully saturated rings. The number of H-pyrrole nitrogens is 1. The Kier molecular flexibility index (Phi) is 3.32. The Morgan fingerprint density at radius 1 is 1.33 bits per heavy atom. The smallest absolute Gasteiger partial charge is 0.271 e. The molecule has 5 nitrogen and oxygen atoms in total. The van der Waals surface area contributed by atoms with Gasteiger partial charge in [0, 0.05) is 23.9 Å². The number of carbonyl (C=O) groups is 1. The summed E-state index contributed by atoms with van der Waals surface area (Å²) < 4.78 is 1.46. The average molecular weight is 245 g/mol. The van der Waals surface area contributed by atoms with Crippen LogP contribution in [-0.2, 0) is 4.79 Å². The minimum absolute atomic E-state index is 0.0318. The van der Waals surface area contributed by atoms with E-state index in [1.165, 1.54) is 10.7 Å². The third kappa shape index (κ3) is 2.51. The zero-order valence-electron chi connectivity index (χ0n) is 10.4. The second-order valence-corrected chi connectivity index (χ2v) is 4.06. The lowest BCUT2D eigenvalue weighted by Gasteiger charge is -2.05. The molecule has 0 aliphatic rings. The normalized spacial score (nSPS) is 10.3. The predicted molar refractivity (Wildman–Crippen MR) is 70.0 cm³/mol. The van der Waals surface area contributed by atoms with Crippen LogP contribution in [0.25, 0.3) is 5.69 Å². The molecule has 0 aliphatic carbocycles. The third-order valence-corrected chi connectivity index (χ3v) is 2.58. The number of benzene rings is 1. The molecular weight excluding hydrogens is 230 g/mol. The number of aromatic nitrogens is 2. The molecule has 0 saturated heterocycles. The van der Waals surface area contributed by atoms with E-state index in [0.717, 1.165) is 17.1 Å². The van der Waals surface area contributed by atoms with Crippen molar-refractivity contribution < 1.29 is 4.79 Å². The summed E-state index contributed by atoms with van der Waals surface area (Å²) in [4.78, 5) is 22.8. The molecule has 2 aromatic rings. The quantitative estimate of drug-likeness (QED) is 0.866. The number of hydrogen-bond donors (Lipinski definition) is 2. The molecule has 94 valence electrons. The van der Waals surface area contributed by atoms with Crippen molar-refractivity contribution in [2.75, 3.05) is 5.32 Å². The molecule has 2 N–H and O–H groups in total. The molecule has 5 heteroatoms. The van der Waals surface area contributed by atoms with Crippen molar-refractivity contribution in [3.05, 3.63) is 46.4 Å². The highest BCUT2D eigenvalue weighted by Gasteiger charge is 2.03. The molecule has 0 radical (unpaired) electrons. The van der Waals surface area contributed by atoms with Crippen molar-refractivity contribution in [3.63, 3.8) is 0 Å². The molecule has 0 saturated carbocycles. The van der Waals surface area contributed by atoms with Crippen molar-refractivity contribution in [1.29, 1.82) is 0 Å². The van der Waals surface area contributed by atoms with Gasteiger partial charge in [0.15, 0.2) is 0 Å². The van der Waals surface area contributed by atoms with Gasteiger partial charge in [-0.15, -0.1) is 0 Å². The van der Waals surface area contributed by atoms with Crippen molar-refractivity contribution in [1.82, 2.24) is 9.78 Å². The average Bonchev–Trinajstić information content (AvgIpc) is 2.69. The Hall–Kier alpha value is -2.30. The zero-order valence-corrected chi connectivity index (χ0v) is 10.4. The lowest BCUT2D eigenvalue weighted by molar-refractivity contribution is -0.115. The van der Waals surface area contributed by atoms with Crippen molar-refractivity contribution in [2.45, 2.75) is 20.3 Å². The molecular formula is C13H15N3O2. The molecule has 1 aromatic heterocycles. The summed E-state index contributed by atoms with van der Waals surface area (Å²) in [6, 6.07) is 8.63. The molecule has 1 amide bonds. The molecule has 18 heavy (non-hydrogen) atoms. The van der Waals surface area contributed by atoms with Gasteiger partial charge in [-0.3, -0.25) is 14.7 Å². The summed E-state index contributed by atoms with van der Waals surface area (Å²) in [7, 11) is 0. The first-order chi connectivity index (χ1) is 8.60. The van der Waals surface area contributed by atoms with Crippen LogP contribution in [0.15, 0.2) is 35.1 Å². The van der Waals surface area contributed by atoms with E-state index in [9.17, 15) is 9.59 Å².